The minimum absolute atomic E-state index is 0.226. The molecule has 1 heterocycles. The quantitative estimate of drug-likeness (QED) is 0.881. The molecule has 0 bridgehead atoms. The van der Waals surface area contributed by atoms with Gasteiger partial charge in [0.1, 0.15) is 0 Å². The zero-order chi connectivity index (χ0) is 13.8. The Balaban J connectivity index is 2.18. The van der Waals surface area contributed by atoms with Gasteiger partial charge in [-0.3, -0.25) is 9.89 Å². The van der Waals surface area contributed by atoms with Gasteiger partial charge in [-0.05, 0) is 17.9 Å². The first-order valence-electron chi connectivity index (χ1n) is 6.34. The average molecular weight is 258 g/mol. The first-order valence-corrected chi connectivity index (χ1v) is 6.34. The van der Waals surface area contributed by atoms with Crippen LogP contribution in [0.3, 0.4) is 0 Å². The van der Waals surface area contributed by atoms with E-state index in [1.807, 2.05) is 12.1 Å². The molecule has 0 unspecified atom stereocenters. The number of aromatic amines is 1. The fourth-order valence-corrected chi connectivity index (χ4v) is 1.87. The summed E-state index contributed by atoms with van der Waals surface area (Å²) in [6.07, 6.45) is 1.05. The van der Waals surface area contributed by atoms with E-state index in [1.54, 1.807) is 7.05 Å². The molecule has 2 rings (SSSR count). The molecule has 1 aromatic carbocycles. The lowest BCUT2D eigenvalue weighted by Crippen LogP contribution is -2.19. The maximum Gasteiger partial charge on any atom is 0.288 e. The van der Waals surface area contributed by atoms with Gasteiger partial charge in [0.05, 0.1) is 0 Å². The second kappa shape index (κ2) is 5.65. The van der Waals surface area contributed by atoms with Crippen LogP contribution in [0.15, 0.2) is 24.3 Å². The maximum atomic E-state index is 11.4. The summed E-state index contributed by atoms with van der Waals surface area (Å²) in [5, 5.41) is 9.18. The lowest BCUT2D eigenvalue weighted by Gasteiger charge is -2.04. The molecule has 0 saturated heterocycles. The number of nitrogens with zero attached hydrogens (tertiary/aromatic N) is 2. The van der Waals surface area contributed by atoms with Gasteiger partial charge in [-0.25, -0.2) is 4.98 Å². The predicted molar refractivity (Wildman–Crippen MR) is 73.8 cm³/mol. The van der Waals surface area contributed by atoms with Gasteiger partial charge in [0, 0.05) is 12.6 Å². The second-order valence-corrected chi connectivity index (χ2v) is 4.88. The summed E-state index contributed by atoms with van der Waals surface area (Å²) in [4.78, 5) is 15.6. The third kappa shape index (κ3) is 3.19. The van der Waals surface area contributed by atoms with E-state index in [0.29, 0.717) is 11.7 Å². The van der Waals surface area contributed by atoms with Crippen LogP contribution in [-0.4, -0.2) is 28.1 Å². The molecule has 2 N–H and O–H groups in total. The van der Waals surface area contributed by atoms with Crippen molar-refractivity contribution in [2.45, 2.75) is 20.3 Å². The number of amides is 1. The van der Waals surface area contributed by atoms with Gasteiger partial charge in [-0.1, -0.05) is 38.1 Å². The largest absolute Gasteiger partial charge is 0.352 e. The highest BCUT2D eigenvalue weighted by Crippen LogP contribution is 2.17. The summed E-state index contributed by atoms with van der Waals surface area (Å²) in [6.45, 7) is 4.39. The SMILES string of the molecule is CNC(=O)c1nc(-c2ccc(CC(C)C)cc2)n[nH]1. The number of carbonyl (C=O) groups is 1. The summed E-state index contributed by atoms with van der Waals surface area (Å²) >= 11 is 0. The van der Waals surface area contributed by atoms with Crippen LogP contribution in [-0.2, 0) is 6.42 Å². The van der Waals surface area contributed by atoms with Crippen molar-refractivity contribution in [3.63, 3.8) is 0 Å². The third-order valence-corrected chi connectivity index (χ3v) is 2.78. The zero-order valence-electron chi connectivity index (χ0n) is 11.4. The molecule has 5 nitrogen and oxygen atoms in total. The molecular weight excluding hydrogens is 240 g/mol. The molecule has 0 saturated carbocycles. The summed E-state index contributed by atoms with van der Waals surface area (Å²) in [7, 11) is 1.56. The highest BCUT2D eigenvalue weighted by Gasteiger charge is 2.11. The number of carbonyl (C=O) groups excluding carboxylic acids is 1. The van der Waals surface area contributed by atoms with Gasteiger partial charge in [-0.2, -0.15) is 5.10 Å². The summed E-state index contributed by atoms with van der Waals surface area (Å²) < 4.78 is 0. The van der Waals surface area contributed by atoms with Crippen LogP contribution in [0.25, 0.3) is 11.4 Å². The highest BCUT2D eigenvalue weighted by molar-refractivity contribution is 5.90. The molecule has 0 radical (unpaired) electrons. The van der Waals surface area contributed by atoms with E-state index in [0.717, 1.165) is 12.0 Å². The molecule has 19 heavy (non-hydrogen) atoms. The molecule has 1 amide bonds. The average Bonchev–Trinajstić information content (AvgIpc) is 2.87. The minimum Gasteiger partial charge on any atom is -0.352 e. The van der Waals surface area contributed by atoms with Crippen LogP contribution < -0.4 is 5.32 Å². The molecule has 5 heteroatoms. The molecular formula is C14H18N4O. The lowest BCUT2D eigenvalue weighted by molar-refractivity contribution is 0.0953. The molecule has 100 valence electrons. The Morgan fingerprint density at radius 3 is 2.58 bits per heavy atom. The van der Waals surface area contributed by atoms with E-state index in [4.69, 9.17) is 0 Å². The first kappa shape index (κ1) is 13.3. The van der Waals surface area contributed by atoms with Gasteiger partial charge in [0.2, 0.25) is 5.82 Å². The number of aromatic nitrogens is 3. The van der Waals surface area contributed by atoms with Gasteiger partial charge in [0.25, 0.3) is 5.91 Å². The molecule has 0 aliphatic heterocycles. The van der Waals surface area contributed by atoms with Crippen molar-refractivity contribution in [3.8, 4) is 11.4 Å². The second-order valence-electron chi connectivity index (χ2n) is 4.88. The van der Waals surface area contributed by atoms with E-state index in [9.17, 15) is 4.79 Å². The van der Waals surface area contributed by atoms with Crippen molar-refractivity contribution in [1.29, 1.82) is 0 Å². The Labute approximate surface area is 112 Å². The molecule has 0 atom stereocenters. The summed E-state index contributed by atoms with van der Waals surface area (Å²) in [6, 6.07) is 8.11. The number of H-pyrrole nitrogens is 1. The van der Waals surface area contributed by atoms with Crippen molar-refractivity contribution < 1.29 is 4.79 Å². The summed E-state index contributed by atoms with van der Waals surface area (Å²) in [5.41, 5.74) is 2.19. The van der Waals surface area contributed by atoms with Gasteiger partial charge in [0.15, 0.2) is 5.82 Å². The number of benzene rings is 1. The van der Waals surface area contributed by atoms with E-state index < -0.39 is 0 Å². The van der Waals surface area contributed by atoms with Gasteiger partial charge in [-0.15, -0.1) is 0 Å². The van der Waals surface area contributed by atoms with E-state index in [1.165, 1.54) is 5.56 Å². The van der Waals surface area contributed by atoms with E-state index in [2.05, 4.69) is 46.5 Å². The number of hydrogen-bond donors (Lipinski definition) is 2. The smallest absolute Gasteiger partial charge is 0.288 e. The summed E-state index contributed by atoms with van der Waals surface area (Å²) in [5.74, 6) is 1.13. The van der Waals surface area contributed by atoms with Crippen LogP contribution >= 0.6 is 0 Å². The van der Waals surface area contributed by atoms with Crippen LogP contribution in [0.1, 0.15) is 30.0 Å². The Kier molecular flexibility index (Phi) is 3.94. The van der Waals surface area contributed by atoms with Crippen LogP contribution in [0.5, 0.6) is 0 Å². The third-order valence-electron chi connectivity index (χ3n) is 2.78. The van der Waals surface area contributed by atoms with Crippen molar-refractivity contribution in [1.82, 2.24) is 20.5 Å². The Hall–Kier alpha value is -2.17. The molecule has 2 aromatic rings. The van der Waals surface area contributed by atoms with Crippen LogP contribution in [0.4, 0.5) is 0 Å². The number of rotatable bonds is 4. The Morgan fingerprint density at radius 1 is 1.32 bits per heavy atom. The van der Waals surface area contributed by atoms with Crippen molar-refractivity contribution in [2.75, 3.05) is 7.05 Å². The highest BCUT2D eigenvalue weighted by atomic mass is 16.2. The molecule has 0 fully saturated rings. The van der Waals surface area contributed by atoms with Gasteiger partial charge >= 0.3 is 0 Å². The van der Waals surface area contributed by atoms with Crippen molar-refractivity contribution in [3.05, 3.63) is 35.7 Å². The number of nitrogens with one attached hydrogen (secondary N) is 2. The fourth-order valence-electron chi connectivity index (χ4n) is 1.87. The normalized spacial score (nSPS) is 10.7. The van der Waals surface area contributed by atoms with Crippen LogP contribution in [0, 0.1) is 5.92 Å². The van der Waals surface area contributed by atoms with E-state index >= 15 is 0 Å². The zero-order valence-corrected chi connectivity index (χ0v) is 11.4. The standard InChI is InChI=1S/C14H18N4O/c1-9(2)8-10-4-6-11(7-5-10)12-16-13(18-17-12)14(19)15-3/h4-7,9H,8H2,1-3H3,(H,15,19)(H,16,17,18). The van der Waals surface area contributed by atoms with Crippen LogP contribution in [0.2, 0.25) is 0 Å². The predicted octanol–water partition coefficient (Wildman–Crippen LogP) is 2.03. The number of hydrogen-bond acceptors (Lipinski definition) is 3. The first-order chi connectivity index (χ1) is 9.10. The maximum absolute atomic E-state index is 11.4. The lowest BCUT2D eigenvalue weighted by atomic mass is 10.0. The Bertz CT molecular complexity index is 557. The van der Waals surface area contributed by atoms with E-state index in [-0.39, 0.29) is 11.7 Å². The fraction of sp³-hybridized carbons (Fsp3) is 0.357. The molecule has 0 aliphatic carbocycles. The van der Waals surface area contributed by atoms with Crippen molar-refractivity contribution in [2.24, 2.45) is 5.92 Å². The topological polar surface area (TPSA) is 70.7 Å². The molecule has 0 aliphatic rings. The van der Waals surface area contributed by atoms with Crippen molar-refractivity contribution >= 4 is 5.91 Å². The monoisotopic (exact) mass is 258 g/mol. The molecule has 1 aromatic heterocycles. The molecule has 0 spiro atoms. The Morgan fingerprint density at radius 2 is 2.00 bits per heavy atom. The van der Waals surface area contributed by atoms with Gasteiger partial charge < -0.3 is 5.32 Å². The minimum atomic E-state index is -0.268.